The monoisotopic (exact) mass is 451 g/mol. The summed E-state index contributed by atoms with van der Waals surface area (Å²) in [5.74, 6) is 0.480. The lowest BCUT2D eigenvalue weighted by atomic mass is 10.2. The van der Waals surface area contributed by atoms with Crippen molar-refractivity contribution in [1.29, 1.82) is 0 Å². The lowest BCUT2D eigenvalue weighted by Gasteiger charge is -1.99. The molecule has 0 unspecified atom stereocenters. The molecular weight excluding hydrogens is 441 g/mol. The van der Waals surface area contributed by atoms with Gasteiger partial charge in [0.05, 0.1) is 5.02 Å². The maximum absolute atomic E-state index is 12.6. The number of aromatic nitrogens is 2. The summed E-state index contributed by atoms with van der Waals surface area (Å²) in [6.45, 7) is 0. The Bertz CT molecular complexity index is 1110. The number of carbonyl (C=O) groups excluding carboxylic acids is 1. The molecule has 27 heavy (non-hydrogen) atoms. The highest BCUT2D eigenvalue weighted by atomic mass is 35.5. The van der Waals surface area contributed by atoms with Crippen LogP contribution in [0.4, 0.5) is 5.13 Å². The van der Waals surface area contributed by atoms with Gasteiger partial charge in [0.2, 0.25) is 5.13 Å². The molecule has 0 fully saturated rings. The number of hydrogen-bond acceptors (Lipinski definition) is 6. The Morgan fingerprint density at radius 1 is 1.04 bits per heavy atom. The van der Waals surface area contributed by atoms with Crippen LogP contribution in [0.25, 0.3) is 10.1 Å². The summed E-state index contributed by atoms with van der Waals surface area (Å²) in [7, 11) is 0. The number of hydrogen-bond donors (Lipinski definition) is 1. The molecule has 136 valence electrons. The van der Waals surface area contributed by atoms with Crippen LogP contribution in [0.2, 0.25) is 10.0 Å². The molecule has 4 nitrogen and oxygen atoms in total. The number of halogens is 2. The first-order valence-corrected chi connectivity index (χ1v) is 11.2. The molecule has 1 N–H and O–H groups in total. The largest absolute Gasteiger partial charge is 0.296 e. The van der Waals surface area contributed by atoms with Gasteiger partial charge < -0.3 is 0 Å². The number of thioether (sulfide) groups is 1. The van der Waals surface area contributed by atoms with E-state index >= 15 is 0 Å². The van der Waals surface area contributed by atoms with Crippen LogP contribution >= 0.6 is 57.6 Å². The first-order valence-electron chi connectivity index (χ1n) is 7.79. The molecule has 4 rings (SSSR count). The predicted octanol–water partition coefficient (Wildman–Crippen LogP) is 6.60. The normalized spacial score (nSPS) is 11.0. The fourth-order valence-corrected chi connectivity index (χ4v) is 5.60. The molecule has 0 aliphatic heterocycles. The third-order valence-corrected chi connectivity index (χ3v) is 7.61. The summed E-state index contributed by atoms with van der Waals surface area (Å²) in [5, 5.41) is 13.5. The highest BCUT2D eigenvalue weighted by Crippen LogP contribution is 2.36. The van der Waals surface area contributed by atoms with Crippen molar-refractivity contribution in [2.75, 3.05) is 5.32 Å². The van der Waals surface area contributed by atoms with Crippen LogP contribution in [0.3, 0.4) is 0 Å². The molecule has 0 saturated carbocycles. The van der Waals surface area contributed by atoms with E-state index in [9.17, 15) is 4.79 Å². The Kier molecular flexibility index (Phi) is 5.66. The SMILES string of the molecule is O=C(Nc1nnc(SCc2ccc(Cl)cc2)s1)c1sc2ccccc2c1Cl. The van der Waals surface area contributed by atoms with Gasteiger partial charge in [-0.15, -0.1) is 21.5 Å². The van der Waals surface area contributed by atoms with Crippen LogP contribution in [0.5, 0.6) is 0 Å². The van der Waals surface area contributed by atoms with Gasteiger partial charge in [0, 0.05) is 20.9 Å². The van der Waals surface area contributed by atoms with Gasteiger partial charge in [-0.25, -0.2) is 0 Å². The van der Waals surface area contributed by atoms with Crippen molar-refractivity contribution in [2.45, 2.75) is 10.1 Å². The van der Waals surface area contributed by atoms with Crippen LogP contribution in [0.1, 0.15) is 15.2 Å². The third kappa shape index (κ3) is 4.28. The van der Waals surface area contributed by atoms with Crippen LogP contribution in [-0.4, -0.2) is 16.1 Å². The van der Waals surface area contributed by atoms with Crippen molar-refractivity contribution >= 4 is 78.8 Å². The molecular formula is C18H11Cl2N3OS3. The van der Waals surface area contributed by atoms with E-state index in [1.54, 1.807) is 11.8 Å². The van der Waals surface area contributed by atoms with Gasteiger partial charge in [0.15, 0.2) is 4.34 Å². The molecule has 1 amide bonds. The summed E-state index contributed by atoms with van der Waals surface area (Å²) in [6, 6.07) is 15.3. The fraction of sp³-hybridized carbons (Fsp3) is 0.0556. The molecule has 9 heteroatoms. The minimum atomic E-state index is -0.272. The van der Waals surface area contributed by atoms with E-state index in [-0.39, 0.29) is 5.91 Å². The second-order valence-electron chi connectivity index (χ2n) is 5.48. The van der Waals surface area contributed by atoms with Gasteiger partial charge >= 0.3 is 0 Å². The number of benzene rings is 2. The van der Waals surface area contributed by atoms with Crippen molar-refractivity contribution in [2.24, 2.45) is 0 Å². The minimum Gasteiger partial charge on any atom is -0.296 e. The Morgan fingerprint density at radius 3 is 2.59 bits per heavy atom. The van der Waals surface area contributed by atoms with Crippen LogP contribution in [0, 0.1) is 0 Å². The van der Waals surface area contributed by atoms with E-state index in [0.29, 0.717) is 20.1 Å². The number of fused-ring (bicyclic) bond motifs is 1. The second kappa shape index (κ2) is 8.16. The van der Waals surface area contributed by atoms with Gasteiger partial charge in [-0.1, -0.05) is 76.6 Å². The zero-order valence-electron chi connectivity index (χ0n) is 13.6. The highest BCUT2D eigenvalue weighted by molar-refractivity contribution is 8.00. The third-order valence-electron chi connectivity index (χ3n) is 3.64. The van der Waals surface area contributed by atoms with E-state index < -0.39 is 0 Å². The second-order valence-corrected chi connectivity index (χ2v) is 9.55. The maximum Gasteiger partial charge on any atom is 0.269 e. The van der Waals surface area contributed by atoms with Gasteiger partial charge in [-0.05, 0) is 23.8 Å². The Labute approximate surface area is 177 Å². The number of rotatable bonds is 5. The first kappa shape index (κ1) is 18.7. The van der Waals surface area contributed by atoms with Crippen molar-refractivity contribution < 1.29 is 4.79 Å². The smallest absolute Gasteiger partial charge is 0.269 e. The van der Waals surface area contributed by atoms with Gasteiger partial charge in [0.1, 0.15) is 4.88 Å². The average molecular weight is 452 g/mol. The Hall–Kier alpha value is -1.64. The standard InChI is InChI=1S/C18H11Cl2N3OS3/c19-11-7-5-10(6-8-11)9-25-18-23-22-17(27-18)21-16(24)15-14(20)12-3-1-2-4-13(12)26-15/h1-8H,9H2,(H,21,22,24). The molecule has 4 aromatic rings. The molecule has 0 atom stereocenters. The number of carbonyl (C=O) groups is 1. The summed E-state index contributed by atoms with van der Waals surface area (Å²) in [4.78, 5) is 13.0. The molecule has 0 bridgehead atoms. The van der Waals surface area contributed by atoms with Crippen molar-refractivity contribution in [3.63, 3.8) is 0 Å². The van der Waals surface area contributed by atoms with Crippen LogP contribution in [-0.2, 0) is 5.75 Å². The van der Waals surface area contributed by atoms with Crippen molar-refractivity contribution in [3.8, 4) is 0 Å². The number of anilines is 1. The van der Waals surface area contributed by atoms with Gasteiger partial charge in [0.25, 0.3) is 5.91 Å². The van der Waals surface area contributed by atoms with E-state index in [4.69, 9.17) is 23.2 Å². The average Bonchev–Trinajstić information content (AvgIpc) is 3.26. The van der Waals surface area contributed by atoms with Crippen molar-refractivity contribution in [1.82, 2.24) is 10.2 Å². The molecule has 2 heterocycles. The molecule has 0 aliphatic rings. The Morgan fingerprint density at radius 2 is 1.81 bits per heavy atom. The zero-order valence-corrected chi connectivity index (χ0v) is 17.6. The minimum absolute atomic E-state index is 0.272. The van der Waals surface area contributed by atoms with E-state index in [2.05, 4.69) is 15.5 Å². The predicted molar refractivity (Wildman–Crippen MR) is 116 cm³/mol. The van der Waals surface area contributed by atoms with Gasteiger partial charge in [-0.2, -0.15) is 0 Å². The summed E-state index contributed by atoms with van der Waals surface area (Å²) >= 11 is 16.5. The molecule has 0 radical (unpaired) electrons. The van der Waals surface area contributed by atoms with Crippen molar-refractivity contribution in [3.05, 3.63) is 69.0 Å². The highest BCUT2D eigenvalue weighted by Gasteiger charge is 2.18. The number of nitrogens with one attached hydrogen (secondary N) is 1. The lowest BCUT2D eigenvalue weighted by Crippen LogP contribution is -2.10. The Balaban J connectivity index is 1.43. The van der Waals surface area contributed by atoms with E-state index in [0.717, 1.165) is 25.7 Å². The topological polar surface area (TPSA) is 54.9 Å². The first-order chi connectivity index (χ1) is 13.1. The van der Waals surface area contributed by atoms with E-state index in [1.165, 1.54) is 22.7 Å². The van der Waals surface area contributed by atoms with Crippen LogP contribution in [0.15, 0.2) is 52.9 Å². The number of amides is 1. The summed E-state index contributed by atoms with van der Waals surface area (Å²) in [6.07, 6.45) is 0. The quantitative estimate of drug-likeness (QED) is 0.274. The van der Waals surface area contributed by atoms with E-state index in [1.807, 2.05) is 48.5 Å². The molecule has 2 aromatic heterocycles. The maximum atomic E-state index is 12.6. The number of nitrogens with zero attached hydrogens (tertiary/aromatic N) is 2. The molecule has 0 saturated heterocycles. The summed E-state index contributed by atoms with van der Waals surface area (Å²) < 4.78 is 1.76. The lowest BCUT2D eigenvalue weighted by molar-refractivity contribution is 0.103. The van der Waals surface area contributed by atoms with Crippen LogP contribution < -0.4 is 5.32 Å². The molecule has 0 spiro atoms. The number of thiophene rings is 1. The summed E-state index contributed by atoms with van der Waals surface area (Å²) in [5.41, 5.74) is 1.14. The molecule has 2 aromatic carbocycles. The van der Waals surface area contributed by atoms with Gasteiger partial charge in [-0.3, -0.25) is 10.1 Å². The zero-order chi connectivity index (χ0) is 18.8. The fourth-order valence-electron chi connectivity index (χ4n) is 2.36. The molecule has 0 aliphatic carbocycles.